The molecule has 0 radical (unpaired) electrons. The van der Waals surface area contributed by atoms with E-state index in [1.54, 1.807) is 7.11 Å². The number of anilines is 1. The minimum Gasteiger partial charge on any atom is -0.495 e. The first-order chi connectivity index (χ1) is 10.4. The highest BCUT2D eigenvalue weighted by atomic mass is 16.5. The zero-order valence-electron chi connectivity index (χ0n) is 13.0. The van der Waals surface area contributed by atoms with Crippen LogP contribution in [0, 0.1) is 6.92 Å². The molecule has 0 bridgehead atoms. The van der Waals surface area contributed by atoms with Gasteiger partial charge in [-0.3, -0.25) is 0 Å². The van der Waals surface area contributed by atoms with Gasteiger partial charge in [0, 0.05) is 6.04 Å². The van der Waals surface area contributed by atoms with E-state index in [1.165, 1.54) is 37.7 Å². The van der Waals surface area contributed by atoms with Crippen LogP contribution in [0.2, 0.25) is 0 Å². The number of ether oxygens (including phenoxy) is 1. The third-order valence-electron chi connectivity index (χ3n) is 3.50. The van der Waals surface area contributed by atoms with Gasteiger partial charge in [-0.1, -0.05) is 25.3 Å². The standard InChI is InChI=1S/C14H21NO.C2H2O4/c1-11-8-9-14(16-2)13(10-11)15-12-6-4-3-5-7-12;3-1(4)2(5)6/h8-10,12,15H,3-7H2,1-2H3;(H,3,4)(H,5,6). The molecule has 6 heteroatoms. The topological polar surface area (TPSA) is 95.9 Å². The number of aliphatic carboxylic acids is 2. The van der Waals surface area contributed by atoms with Crippen molar-refractivity contribution in [2.45, 2.75) is 45.1 Å². The Hall–Kier alpha value is -2.24. The quantitative estimate of drug-likeness (QED) is 0.743. The molecule has 22 heavy (non-hydrogen) atoms. The summed E-state index contributed by atoms with van der Waals surface area (Å²) in [5, 5.41) is 18.4. The van der Waals surface area contributed by atoms with E-state index in [-0.39, 0.29) is 0 Å². The highest BCUT2D eigenvalue weighted by Crippen LogP contribution is 2.29. The minimum atomic E-state index is -1.82. The summed E-state index contributed by atoms with van der Waals surface area (Å²) in [6, 6.07) is 6.93. The van der Waals surface area contributed by atoms with Gasteiger partial charge in [0.25, 0.3) is 0 Å². The molecule has 1 fully saturated rings. The highest BCUT2D eigenvalue weighted by Gasteiger charge is 2.14. The molecule has 1 aromatic carbocycles. The third kappa shape index (κ3) is 6.03. The van der Waals surface area contributed by atoms with Crippen molar-refractivity contribution in [1.29, 1.82) is 0 Å². The van der Waals surface area contributed by atoms with Crippen LogP contribution < -0.4 is 10.1 Å². The molecular weight excluding hydrogens is 286 g/mol. The van der Waals surface area contributed by atoms with Crippen LogP contribution in [0.4, 0.5) is 5.69 Å². The Morgan fingerprint density at radius 3 is 2.23 bits per heavy atom. The Bertz CT molecular complexity index is 497. The summed E-state index contributed by atoms with van der Waals surface area (Å²) in [4.78, 5) is 18.2. The molecule has 0 aliphatic heterocycles. The smallest absolute Gasteiger partial charge is 0.414 e. The fourth-order valence-electron chi connectivity index (χ4n) is 2.40. The molecule has 1 aliphatic carbocycles. The summed E-state index contributed by atoms with van der Waals surface area (Å²) in [6.45, 7) is 2.12. The molecule has 122 valence electrons. The molecule has 2 rings (SSSR count). The van der Waals surface area contributed by atoms with Crippen molar-refractivity contribution in [2.75, 3.05) is 12.4 Å². The van der Waals surface area contributed by atoms with E-state index in [0.717, 1.165) is 11.4 Å². The van der Waals surface area contributed by atoms with Crippen molar-refractivity contribution in [3.05, 3.63) is 23.8 Å². The van der Waals surface area contributed by atoms with Gasteiger partial charge in [-0.2, -0.15) is 0 Å². The lowest BCUT2D eigenvalue weighted by atomic mass is 9.95. The monoisotopic (exact) mass is 309 g/mol. The molecule has 0 saturated heterocycles. The zero-order chi connectivity index (χ0) is 16.5. The van der Waals surface area contributed by atoms with Gasteiger partial charge in [-0.05, 0) is 37.5 Å². The SMILES string of the molecule is COc1ccc(C)cc1NC1CCCCC1.O=C(O)C(=O)O. The first-order valence-electron chi connectivity index (χ1n) is 7.31. The van der Waals surface area contributed by atoms with E-state index in [2.05, 4.69) is 24.4 Å². The fraction of sp³-hybridized carbons (Fsp3) is 0.500. The molecule has 0 unspecified atom stereocenters. The Kier molecular flexibility index (Phi) is 7.22. The number of aryl methyl sites for hydroxylation is 1. The molecule has 0 aromatic heterocycles. The van der Waals surface area contributed by atoms with Crippen molar-refractivity contribution < 1.29 is 24.5 Å². The number of carboxylic acid groups (broad SMARTS) is 2. The molecule has 1 aromatic rings. The summed E-state index contributed by atoms with van der Waals surface area (Å²) in [6.07, 6.45) is 6.68. The van der Waals surface area contributed by atoms with Crippen molar-refractivity contribution in [3.63, 3.8) is 0 Å². The van der Waals surface area contributed by atoms with Crippen molar-refractivity contribution in [1.82, 2.24) is 0 Å². The average Bonchev–Trinajstić information content (AvgIpc) is 2.49. The Balaban J connectivity index is 0.000000346. The molecular formula is C16H23NO5. The number of nitrogens with one attached hydrogen (secondary N) is 1. The maximum atomic E-state index is 9.10. The summed E-state index contributed by atoms with van der Waals surface area (Å²) >= 11 is 0. The van der Waals surface area contributed by atoms with Gasteiger partial charge < -0.3 is 20.3 Å². The number of carbonyl (C=O) groups is 2. The number of benzene rings is 1. The van der Waals surface area contributed by atoms with Gasteiger partial charge in [-0.15, -0.1) is 0 Å². The summed E-state index contributed by atoms with van der Waals surface area (Å²) in [5.41, 5.74) is 2.42. The molecule has 0 heterocycles. The van der Waals surface area contributed by atoms with Gasteiger partial charge in [0.1, 0.15) is 5.75 Å². The van der Waals surface area contributed by atoms with E-state index in [1.807, 2.05) is 6.07 Å². The Morgan fingerprint density at radius 2 is 1.73 bits per heavy atom. The van der Waals surface area contributed by atoms with Gasteiger partial charge in [-0.25, -0.2) is 9.59 Å². The third-order valence-corrected chi connectivity index (χ3v) is 3.50. The number of hydrogen-bond acceptors (Lipinski definition) is 4. The van der Waals surface area contributed by atoms with E-state index >= 15 is 0 Å². The lowest BCUT2D eigenvalue weighted by Gasteiger charge is -2.25. The second-order valence-electron chi connectivity index (χ2n) is 5.29. The second-order valence-corrected chi connectivity index (χ2v) is 5.29. The molecule has 0 amide bonds. The minimum absolute atomic E-state index is 0.629. The largest absolute Gasteiger partial charge is 0.495 e. The van der Waals surface area contributed by atoms with Crippen LogP contribution in [0.3, 0.4) is 0 Å². The normalized spacial score (nSPS) is 14.5. The number of rotatable bonds is 3. The summed E-state index contributed by atoms with van der Waals surface area (Å²) in [5.74, 6) is -2.69. The summed E-state index contributed by atoms with van der Waals surface area (Å²) in [7, 11) is 1.73. The molecule has 0 atom stereocenters. The average molecular weight is 309 g/mol. The van der Waals surface area contributed by atoms with Crippen molar-refractivity contribution in [3.8, 4) is 5.75 Å². The number of hydrogen-bond donors (Lipinski definition) is 3. The van der Waals surface area contributed by atoms with Crippen LogP contribution in [-0.4, -0.2) is 35.3 Å². The number of carboxylic acids is 2. The second kappa shape index (κ2) is 8.92. The summed E-state index contributed by atoms with van der Waals surface area (Å²) < 4.78 is 5.38. The lowest BCUT2D eigenvalue weighted by Crippen LogP contribution is -2.22. The van der Waals surface area contributed by atoms with E-state index in [9.17, 15) is 0 Å². The van der Waals surface area contributed by atoms with E-state index in [0.29, 0.717) is 6.04 Å². The van der Waals surface area contributed by atoms with Crippen LogP contribution in [0.15, 0.2) is 18.2 Å². The zero-order valence-corrected chi connectivity index (χ0v) is 13.0. The predicted octanol–water partition coefficient (Wildman–Crippen LogP) is 2.90. The van der Waals surface area contributed by atoms with Crippen molar-refractivity contribution >= 4 is 17.6 Å². The Labute approximate surface area is 130 Å². The Morgan fingerprint density at radius 1 is 1.14 bits per heavy atom. The molecule has 3 N–H and O–H groups in total. The molecule has 1 aliphatic rings. The predicted molar refractivity (Wildman–Crippen MR) is 83.5 cm³/mol. The van der Waals surface area contributed by atoms with Gasteiger partial charge in [0.05, 0.1) is 12.8 Å². The highest BCUT2D eigenvalue weighted by molar-refractivity contribution is 6.27. The first-order valence-corrected chi connectivity index (χ1v) is 7.31. The maximum Gasteiger partial charge on any atom is 0.414 e. The molecule has 0 spiro atoms. The van der Waals surface area contributed by atoms with Crippen molar-refractivity contribution in [2.24, 2.45) is 0 Å². The van der Waals surface area contributed by atoms with Crippen LogP contribution in [0.5, 0.6) is 5.75 Å². The molecule has 1 saturated carbocycles. The molecule has 6 nitrogen and oxygen atoms in total. The fourth-order valence-corrected chi connectivity index (χ4v) is 2.40. The van der Waals surface area contributed by atoms with E-state index in [4.69, 9.17) is 24.5 Å². The van der Waals surface area contributed by atoms with Crippen LogP contribution in [-0.2, 0) is 9.59 Å². The van der Waals surface area contributed by atoms with Crippen LogP contribution in [0.25, 0.3) is 0 Å². The van der Waals surface area contributed by atoms with Gasteiger partial charge >= 0.3 is 11.9 Å². The van der Waals surface area contributed by atoms with Crippen LogP contribution in [0.1, 0.15) is 37.7 Å². The van der Waals surface area contributed by atoms with Crippen LogP contribution >= 0.6 is 0 Å². The maximum absolute atomic E-state index is 9.10. The first kappa shape index (κ1) is 17.8. The number of methoxy groups -OCH3 is 1. The lowest BCUT2D eigenvalue weighted by molar-refractivity contribution is -0.159. The van der Waals surface area contributed by atoms with Gasteiger partial charge in [0.15, 0.2) is 0 Å². The van der Waals surface area contributed by atoms with E-state index < -0.39 is 11.9 Å². The van der Waals surface area contributed by atoms with Gasteiger partial charge in [0.2, 0.25) is 0 Å².